The second-order valence-corrected chi connectivity index (χ2v) is 3.79. The zero-order valence-electron chi connectivity index (χ0n) is 8.43. The first-order chi connectivity index (χ1) is 6.99. The number of carbonyl (C=O) groups is 1. The Morgan fingerprint density at radius 1 is 1.67 bits per heavy atom. The van der Waals surface area contributed by atoms with Crippen molar-refractivity contribution in [2.75, 3.05) is 12.3 Å². The Balaban J connectivity index is 3.32. The highest BCUT2D eigenvalue weighted by molar-refractivity contribution is 9.10. The quantitative estimate of drug-likeness (QED) is 0.667. The molecule has 1 aromatic rings. The lowest BCUT2D eigenvalue weighted by Crippen LogP contribution is -2.11. The predicted octanol–water partition coefficient (Wildman–Crippen LogP) is 2.66. The van der Waals surface area contributed by atoms with Crippen LogP contribution in [0.25, 0.3) is 0 Å². The van der Waals surface area contributed by atoms with Gasteiger partial charge in [-0.1, -0.05) is 0 Å². The maximum absolute atomic E-state index is 13.3. The van der Waals surface area contributed by atoms with Gasteiger partial charge < -0.3 is 10.5 Å². The van der Waals surface area contributed by atoms with Crippen molar-refractivity contribution in [3.63, 3.8) is 0 Å². The van der Waals surface area contributed by atoms with Crippen molar-refractivity contribution in [3.05, 3.63) is 27.5 Å². The van der Waals surface area contributed by atoms with Crippen LogP contribution in [0.3, 0.4) is 0 Å². The van der Waals surface area contributed by atoms with E-state index in [1.165, 1.54) is 6.07 Å². The van der Waals surface area contributed by atoms with Gasteiger partial charge in [0.2, 0.25) is 0 Å². The number of esters is 1. The summed E-state index contributed by atoms with van der Waals surface area (Å²) in [4.78, 5) is 11.5. The molecule has 15 heavy (non-hydrogen) atoms. The summed E-state index contributed by atoms with van der Waals surface area (Å²) >= 11 is 2.98. The average molecular weight is 276 g/mol. The molecule has 1 rings (SSSR count). The normalized spacial score (nSPS) is 10.1. The highest BCUT2D eigenvalue weighted by Crippen LogP contribution is 2.29. The summed E-state index contributed by atoms with van der Waals surface area (Å²) in [5.74, 6) is -1.14. The molecule has 0 aliphatic carbocycles. The first-order valence-corrected chi connectivity index (χ1v) is 5.19. The van der Waals surface area contributed by atoms with E-state index in [4.69, 9.17) is 10.5 Å². The highest BCUT2D eigenvalue weighted by atomic mass is 79.9. The number of halogens is 2. The minimum atomic E-state index is -0.621. The van der Waals surface area contributed by atoms with Gasteiger partial charge in [-0.25, -0.2) is 9.18 Å². The number of hydrogen-bond donors (Lipinski definition) is 1. The van der Waals surface area contributed by atoms with Gasteiger partial charge in [-0.2, -0.15) is 0 Å². The zero-order valence-corrected chi connectivity index (χ0v) is 10.0. The van der Waals surface area contributed by atoms with Crippen LogP contribution >= 0.6 is 15.9 Å². The van der Waals surface area contributed by atoms with E-state index in [9.17, 15) is 9.18 Å². The largest absolute Gasteiger partial charge is 0.462 e. The minimum Gasteiger partial charge on any atom is -0.462 e. The molecule has 0 bridgehead atoms. The van der Waals surface area contributed by atoms with E-state index in [2.05, 4.69) is 15.9 Å². The molecule has 0 aliphatic rings. The molecule has 0 saturated carbocycles. The lowest BCUT2D eigenvalue weighted by molar-refractivity contribution is 0.0526. The monoisotopic (exact) mass is 275 g/mol. The van der Waals surface area contributed by atoms with E-state index in [0.29, 0.717) is 5.56 Å². The molecule has 0 atom stereocenters. The fourth-order valence-corrected chi connectivity index (χ4v) is 1.66. The number of benzene rings is 1. The minimum absolute atomic E-state index is 0.0454. The van der Waals surface area contributed by atoms with Crippen molar-refractivity contribution < 1.29 is 13.9 Å². The van der Waals surface area contributed by atoms with E-state index in [1.807, 2.05) is 0 Å². The SMILES string of the molecule is CCOC(=O)c1c(N)c(C)cc(F)c1Br. The maximum atomic E-state index is 13.3. The van der Waals surface area contributed by atoms with E-state index >= 15 is 0 Å². The highest BCUT2D eigenvalue weighted by Gasteiger charge is 2.20. The fraction of sp³-hybridized carbons (Fsp3) is 0.300. The van der Waals surface area contributed by atoms with Crippen LogP contribution in [0, 0.1) is 12.7 Å². The third-order valence-corrected chi connectivity index (χ3v) is 2.72. The first-order valence-electron chi connectivity index (χ1n) is 4.40. The molecule has 3 nitrogen and oxygen atoms in total. The molecular weight excluding hydrogens is 265 g/mol. The molecule has 0 radical (unpaired) electrons. The number of ether oxygens (including phenoxy) is 1. The van der Waals surface area contributed by atoms with E-state index < -0.39 is 11.8 Å². The number of rotatable bonds is 2. The molecule has 0 aromatic heterocycles. The van der Waals surface area contributed by atoms with Crippen molar-refractivity contribution in [1.82, 2.24) is 0 Å². The van der Waals surface area contributed by atoms with Crippen LogP contribution in [0.4, 0.5) is 10.1 Å². The smallest absolute Gasteiger partial charge is 0.341 e. The van der Waals surface area contributed by atoms with Gasteiger partial charge in [-0.05, 0) is 41.4 Å². The fourth-order valence-electron chi connectivity index (χ4n) is 1.17. The van der Waals surface area contributed by atoms with Crippen LogP contribution in [0.2, 0.25) is 0 Å². The van der Waals surface area contributed by atoms with Crippen LogP contribution in [-0.2, 0) is 4.74 Å². The van der Waals surface area contributed by atoms with Gasteiger partial charge in [0, 0.05) is 0 Å². The number of aryl methyl sites for hydroxylation is 1. The van der Waals surface area contributed by atoms with E-state index in [-0.39, 0.29) is 22.3 Å². The molecule has 0 aliphatic heterocycles. The van der Waals surface area contributed by atoms with Crippen LogP contribution < -0.4 is 5.73 Å². The number of anilines is 1. The topological polar surface area (TPSA) is 52.3 Å². The Morgan fingerprint density at radius 3 is 2.80 bits per heavy atom. The molecule has 82 valence electrons. The van der Waals surface area contributed by atoms with Gasteiger partial charge in [0.1, 0.15) is 5.82 Å². The molecule has 0 fully saturated rings. The molecule has 2 N–H and O–H groups in total. The van der Waals surface area contributed by atoms with Gasteiger partial charge in [-0.3, -0.25) is 0 Å². The lowest BCUT2D eigenvalue weighted by atomic mass is 10.1. The molecule has 0 spiro atoms. The van der Waals surface area contributed by atoms with E-state index in [1.54, 1.807) is 13.8 Å². The third-order valence-electron chi connectivity index (χ3n) is 1.95. The summed E-state index contributed by atoms with van der Waals surface area (Å²) in [5, 5.41) is 0. The predicted molar refractivity (Wildman–Crippen MR) is 59.2 cm³/mol. The number of carbonyl (C=O) groups excluding carboxylic acids is 1. The second kappa shape index (κ2) is 4.61. The summed E-state index contributed by atoms with van der Waals surface area (Å²) in [6.07, 6.45) is 0. The van der Waals surface area contributed by atoms with E-state index in [0.717, 1.165) is 0 Å². The van der Waals surface area contributed by atoms with Crippen molar-refractivity contribution >= 4 is 27.6 Å². The van der Waals surface area contributed by atoms with Crippen molar-refractivity contribution in [2.45, 2.75) is 13.8 Å². The van der Waals surface area contributed by atoms with Gasteiger partial charge in [0.05, 0.1) is 22.3 Å². The number of hydrogen-bond acceptors (Lipinski definition) is 3. The maximum Gasteiger partial charge on any atom is 0.341 e. The number of nitrogen functional groups attached to an aromatic ring is 1. The number of nitrogens with two attached hydrogens (primary N) is 1. The summed E-state index contributed by atoms with van der Waals surface area (Å²) in [5.41, 5.74) is 6.49. The summed E-state index contributed by atoms with van der Waals surface area (Å²) < 4.78 is 18.1. The molecule has 0 amide bonds. The summed E-state index contributed by atoms with van der Waals surface area (Å²) in [6.45, 7) is 3.53. The second-order valence-electron chi connectivity index (χ2n) is 3.00. The average Bonchev–Trinajstić information content (AvgIpc) is 2.16. The Bertz CT molecular complexity index is 381. The van der Waals surface area contributed by atoms with Crippen LogP contribution in [0.15, 0.2) is 10.5 Å². The van der Waals surface area contributed by atoms with Gasteiger partial charge in [-0.15, -0.1) is 0 Å². The molecule has 1 aromatic carbocycles. The van der Waals surface area contributed by atoms with Crippen LogP contribution in [-0.4, -0.2) is 12.6 Å². The third kappa shape index (κ3) is 2.28. The molecule has 5 heteroatoms. The van der Waals surface area contributed by atoms with Crippen molar-refractivity contribution in [3.8, 4) is 0 Å². The zero-order chi connectivity index (χ0) is 11.6. The molecule has 0 heterocycles. The van der Waals surface area contributed by atoms with Crippen LogP contribution in [0.1, 0.15) is 22.8 Å². The summed E-state index contributed by atoms with van der Waals surface area (Å²) in [7, 11) is 0. The van der Waals surface area contributed by atoms with Gasteiger partial charge in [0.25, 0.3) is 0 Å². The van der Waals surface area contributed by atoms with Crippen molar-refractivity contribution in [2.24, 2.45) is 0 Å². The Hall–Kier alpha value is -1.10. The lowest BCUT2D eigenvalue weighted by Gasteiger charge is -2.10. The first kappa shape index (κ1) is 12.0. The Kier molecular flexibility index (Phi) is 3.68. The van der Waals surface area contributed by atoms with Crippen molar-refractivity contribution in [1.29, 1.82) is 0 Å². The Morgan fingerprint density at radius 2 is 2.27 bits per heavy atom. The standard InChI is InChI=1S/C10H11BrFNO2/c1-3-15-10(14)7-8(11)6(12)4-5(2)9(7)13/h4H,3,13H2,1-2H3. The van der Waals surface area contributed by atoms with Crippen LogP contribution in [0.5, 0.6) is 0 Å². The molecule has 0 unspecified atom stereocenters. The molecule has 0 saturated heterocycles. The van der Waals surface area contributed by atoms with Gasteiger partial charge >= 0.3 is 5.97 Å². The molecular formula is C10H11BrFNO2. The Labute approximate surface area is 95.5 Å². The van der Waals surface area contributed by atoms with Gasteiger partial charge in [0.15, 0.2) is 0 Å². The summed E-state index contributed by atoms with van der Waals surface area (Å²) in [6, 6.07) is 1.27.